The van der Waals surface area contributed by atoms with Crippen molar-refractivity contribution in [3.05, 3.63) is 23.8 Å². The van der Waals surface area contributed by atoms with Gasteiger partial charge in [-0.2, -0.15) is 0 Å². The molecule has 0 saturated carbocycles. The minimum atomic E-state index is -0.107. The van der Waals surface area contributed by atoms with Crippen LogP contribution in [-0.4, -0.2) is 37.9 Å². The van der Waals surface area contributed by atoms with Crippen molar-refractivity contribution in [1.82, 2.24) is 5.32 Å². The maximum atomic E-state index is 12.2. The average Bonchev–Trinajstić information content (AvgIpc) is 3.01. The molecular weight excluding hydrogens is 258 g/mol. The number of hydrogen-bond acceptors (Lipinski definition) is 4. The summed E-state index contributed by atoms with van der Waals surface area (Å²) in [6.45, 7) is 3.83. The molecule has 2 aliphatic heterocycles. The van der Waals surface area contributed by atoms with Crippen LogP contribution in [0, 0.1) is 0 Å². The first-order chi connectivity index (χ1) is 9.74. The van der Waals surface area contributed by atoms with Crippen LogP contribution in [0.25, 0.3) is 0 Å². The zero-order valence-electron chi connectivity index (χ0n) is 11.6. The molecule has 0 unspecified atom stereocenters. The van der Waals surface area contributed by atoms with Crippen LogP contribution >= 0.6 is 0 Å². The fourth-order valence-electron chi connectivity index (χ4n) is 2.56. The monoisotopic (exact) mass is 277 g/mol. The highest BCUT2D eigenvalue weighted by Gasteiger charge is 2.24. The van der Waals surface area contributed by atoms with Crippen LogP contribution in [0.2, 0.25) is 0 Å². The van der Waals surface area contributed by atoms with Gasteiger partial charge in [0.25, 0.3) is 5.91 Å². The van der Waals surface area contributed by atoms with Crippen LogP contribution in [0.5, 0.6) is 11.5 Å². The van der Waals surface area contributed by atoms with E-state index in [4.69, 9.17) is 14.2 Å². The van der Waals surface area contributed by atoms with E-state index in [1.807, 2.05) is 6.92 Å². The standard InChI is InChI=1S/C15H19NO4/c1-10(12-3-2-6-18-12)16-15(17)11-4-5-13-14(9-11)20-8-7-19-13/h4-5,9-10,12H,2-3,6-8H2,1H3,(H,16,17)/t10-,12-/m1/s1. The molecule has 1 saturated heterocycles. The van der Waals surface area contributed by atoms with Crippen LogP contribution in [0.15, 0.2) is 18.2 Å². The van der Waals surface area contributed by atoms with E-state index in [1.54, 1.807) is 18.2 Å². The Kier molecular flexibility index (Phi) is 3.78. The number of amides is 1. The molecule has 0 bridgehead atoms. The number of carbonyl (C=O) groups excluding carboxylic acids is 1. The third-order valence-corrected chi connectivity index (χ3v) is 3.69. The first-order valence-corrected chi connectivity index (χ1v) is 7.06. The molecule has 2 atom stereocenters. The molecule has 5 heteroatoms. The van der Waals surface area contributed by atoms with Gasteiger partial charge in [-0.15, -0.1) is 0 Å². The van der Waals surface area contributed by atoms with E-state index >= 15 is 0 Å². The minimum Gasteiger partial charge on any atom is -0.486 e. The molecule has 1 N–H and O–H groups in total. The topological polar surface area (TPSA) is 56.8 Å². The molecule has 3 rings (SSSR count). The lowest BCUT2D eigenvalue weighted by molar-refractivity contribution is 0.0712. The molecule has 1 fully saturated rings. The number of rotatable bonds is 3. The van der Waals surface area contributed by atoms with Gasteiger partial charge in [0.2, 0.25) is 0 Å². The highest BCUT2D eigenvalue weighted by atomic mass is 16.6. The molecule has 20 heavy (non-hydrogen) atoms. The second-order valence-corrected chi connectivity index (χ2v) is 5.17. The summed E-state index contributed by atoms with van der Waals surface area (Å²) in [5, 5.41) is 2.98. The Morgan fingerprint density at radius 1 is 1.25 bits per heavy atom. The number of fused-ring (bicyclic) bond motifs is 1. The molecule has 0 aromatic heterocycles. The average molecular weight is 277 g/mol. The lowest BCUT2D eigenvalue weighted by atomic mass is 10.1. The lowest BCUT2D eigenvalue weighted by Gasteiger charge is -2.21. The van der Waals surface area contributed by atoms with Crippen molar-refractivity contribution in [3.63, 3.8) is 0 Å². The van der Waals surface area contributed by atoms with Gasteiger partial charge in [-0.05, 0) is 38.0 Å². The summed E-state index contributed by atoms with van der Waals surface area (Å²) in [5.74, 6) is 1.22. The molecule has 2 aliphatic rings. The largest absolute Gasteiger partial charge is 0.486 e. The number of carbonyl (C=O) groups is 1. The SMILES string of the molecule is C[C@@H](NC(=O)c1ccc2c(c1)OCCO2)[C@H]1CCCO1. The van der Waals surface area contributed by atoms with Gasteiger partial charge in [-0.3, -0.25) is 4.79 Å². The predicted molar refractivity (Wildman–Crippen MR) is 73.3 cm³/mol. The van der Waals surface area contributed by atoms with Crippen LogP contribution in [0.3, 0.4) is 0 Å². The maximum absolute atomic E-state index is 12.2. The molecule has 1 aromatic rings. The summed E-state index contributed by atoms with van der Waals surface area (Å²) < 4.78 is 16.5. The summed E-state index contributed by atoms with van der Waals surface area (Å²) in [7, 11) is 0. The van der Waals surface area contributed by atoms with Crippen molar-refractivity contribution in [1.29, 1.82) is 0 Å². The van der Waals surface area contributed by atoms with E-state index in [0.717, 1.165) is 19.4 Å². The summed E-state index contributed by atoms with van der Waals surface area (Å²) in [6.07, 6.45) is 2.19. The van der Waals surface area contributed by atoms with Crippen LogP contribution in [0.4, 0.5) is 0 Å². The van der Waals surface area contributed by atoms with E-state index in [2.05, 4.69) is 5.32 Å². The van der Waals surface area contributed by atoms with Crippen molar-refractivity contribution in [2.24, 2.45) is 0 Å². The Morgan fingerprint density at radius 3 is 2.80 bits per heavy atom. The van der Waals surface area contributed by atoms with Gasteiger partial charge in [-0.25, -0.2) is 0 Å². The highest BCUT2D eigenvalue weighted by molar-refractivity contribution is 5.95. The van der Waals surface area contributed by atoms with E-state index in [1.165, 1.54) is 0 Å². The van der Waals surface area contributed by atoms with Crippen LogP contribution in [0.1, 0.15) is 30.1 Å². The van der Waals surface area contributed by atoms with Gasteiger partial charge in [0.05, 0.1) is 12.1 Å². The summed E-state index contributed by atoms with van der Waals surface area (Å²) >= 11 is 0. The molecule has 0 radical (unpaired) electrons. The fraction of sp³-hybridized carbons (Fsp3) is 0.533. The van der Waals surface area contributed by atoms with E-state index in [9.17, 15) is 4.79 Å². The van der Waals surface area contributed by atoms with Gasteiger partial charge in [0.15, 0.2) is 11.5 Å². The van der Waals surface area contributed by atoms with Crippen molar-refractivity contribution in [3.8, 4) is 11.5 Å². The molecule has 2 heterocycles. The molecule has 0 aliphatic carbocycles. The highest BCUT2D eigenvalue weighted by Crippen LogP contribution is 2.30. The lowest BCUT2D eigenvalue weighted by Crippen LogP contribution is -2.40. The Balaban J connectivity index is 1.67. The van der Waals surface area contributed by atoms with Gasteiger partial charge in [-0.1, -0.05) is 0 Å². The number of ether oxygens (including phenoxy) is 3. The summed E-state index contributed by atoms with van der Waals surface area (Å²) in [6, 6.07) is 5.27. The molecule has 1 amide bonds. The van der Waals surface area contributed by atoms with Crippen LogP contribution < -0.4 is 14.8 Å². The third kappa shape index (κ3) is 2.72. The molecule has 5 nitrogen and oxygen atoms in total. The zero-order valence-corrected chi connectivity index (χ0v) is 11.6. The van der Waals surface area contributed by atoms with Gasteiger partial charge >= 0.3 is 0 Å². The molecule has 0 spiro atoms. The Morgan fingerprint density at radius 2 is 2.05 bits per heavy atom. The van der Waals surface area contributed by atoms with Crippen LogP contribution in [-0.2, 0) is 4.74 Å². The normalized spacial score (nSPS) is 22.4. The second-order valence-electron chi connectivity index (χ2n) is 5.17. The summed E-state index contributed by atoms with van der Waals surface area (Å²) in [4.78, 5) is 12.2. The first-order valence-electron chi connectivity index (χ1n) is 7.06. The van der Waals surface area contributed by atoms with Crippen molar-refractivity contribution < 1.29 is 19.0 Å². The molecule has 1 aromatic carbocycles. The molecular formula is C15H19NO4. The number of benzene rings is 1. The Labute approximate surface area is 118 Å². The van der Waals surface area contributed by atoms with Crippen molar-refractivity contribution in [2.45, 2.75) is 31.9 Å². The van der Waals surface area contributed by atoms with E-state index in [0.29, 0.717) is 30.3 Å². The van der Waals surface area contributed by atoms with Gasteiger partial charge < -0.3 is 19.5 Å². The van der Waals surface area contributed by atoms with E-state index < -0.39 is 0 Å². The first kappa shape index (κ1) is 13.2. The van der Waals surface area contributed by atoms with Gasteiger partial charge in [0, 0.05) is 12.2 Å². The van der Waals surface area contributed by atoms with E-state index in [-0.39, 0.29) is 18.1 Å². The molecule has 108 valence electrons. The maximum Gasteiger partial charge on any atom is 0.251 e. The fourth-order valence-corrected chi connectivity index (χ4v) is 2.56. The summed E-state index contributed by atoms with van der Waals surface area (Å²) in [5.41, 5.74) is 0.582. The Hall–Kier alpha value is -1.75. The van der Waals surface area contributed by atoms with Gasteiger partial charge in [0.1, 0.15) is 13.2 Å². The number of hydrogen-bond donors (Lipinski definition) is 1. The Bertz CT molecular complexity index is 497. The minimum absolute atomic E-state index is 0.0122. The number of nitrogens with one attached hydrogen (secondary N) is 1. The predicted octanol–water partition coefficient (Wildman–Crippen LogP) is 1.76. The van der Waals surface area contributed by atoms with Crippen molar-refractivity contribution >= 4 is 5.91 Å². The quantitative estimate of drug-likeness (QED) is 0.914. The van der Waals surface area contributed by atoms with Crippen molar-refractivity contribution in [2.75, 3.05) is 19.8 Å². The smallest absolute Gasteiger partial charge is 0.251 e. The third-order valence-electron chi connectivity index (χ3n) is 3.69. The zero-order chi connectivity index (χ0) is 13.9. The second kappa shape index (κ2) is 5.71.